The maximum Gasteiger partial charge on any atom is 0.412 e. The minimum atomic E-state index is -0.972. The van der Waals surface area contributed by atoms with Crippen LogP contribution in [0.25, 0.3) is 0 Å². The van der Waals surface area contributed by atoms with Crippen molar-refractivity contribution >= 4 is 51.7 Å². The summed E-state index contributed by atoms with van der Waals surface area (Å²) in [6.07, 6.45) is 1.54. The summed E-state index contributed by atoms with van der Waals surface area (Å²) in [5.74, 6) is 0.217. The molecule has 0 bridgehead atoms. The third-order valence-corrected chi connectivity index (χ3v) is 6.70. The van der Waals surface area contributed by atoms with Crippen LogP contribution in [0.15, 0.2) is 115 Å². The van der Waals surface area contributed by atoms with Crippen LogP contribution in [0.4, 0.5) is 21.9 Å². The maximum atomic E-state index is 13.0. The van der Waals surface area contributed by atoms with Crippen LogP contribution in [-0.4, -0.2) is 23.2 Å². The van der Waals surface area contributed by atoms with E-state index in [9.17, 15) is 14.7 Å². The second-order valence-corrected chi connectivity index (χ2v) is 10.3. The number of para-hydroxylation sites is 4. The number of rotatable bonds is 11. The normalized spacial score (nSPS) is 12.3. The van der Waals surface area contributed by atoms with Crippen LogP contribution in [0.2, 0.25) is 0 Å². The number of nitrogen functional groups attached to an aromatic ring is 1. The Morgan fingerprint density at radius 2 is 1.59 bits per heavy atom. The first-order valence-corrected chi connectivity index (χ1v) is 14.0. The standard InChI is InChI=1S/C32H30IN3O5/c33-22-19-20-28(37)25(21-22)31(41-32(39)35-23-11-3-1-4-12-23)29(40-24-13-5-2-6-14-24)17-9-10-18-30(38)36-27-16-8-7-15-26(27)34/h1-8,10-16,18-21,29,31,37H,9,17,34H2,(H,35,39)(H,36,38)/b18-10+/t29-,31-/m0/s1. The number of aromatic hydroxyl groups is 1. The maximum absolute atomic E-state index is 13.0. The first-order valence-electron chi connectivity index (χ1n) is 12.9. The highest BCUT2D eigenvalue weighted by atomic mass is 127. The summed E-state index contributed by atoms with van der Waals surface area (Å²) in [6.45, 7) is 0. The molecule has 0 heterocycles. The second-order valence-electron chi connectivity index (χ2n) is 9.05. The van der Waals surface area contributed by atoms with Gasteiger partial charge >= 0.3 is 6.09 Å². The Bertz CT molecular complexity index is 1480. The van der Waals surface area contributed by atoms with E-state index in [1.54, 1.807) is 84.9 Å². The molecule has 0 radical (unpaired) electrons. The van der Waals surface area contributed by atoms with Gasteiger partial charge in [-0.15, -0.1) is 0 Å². The zero-order valence-electron chi connectivity index (χ0n) is 22.1. The topological polar surface area (TPSA) is 123 Å². The molecule has 0 aromatic heterocycles. The molecule has 8 nitrogen and oxygen atoms in total. The minimum Gasteiger partial charge on any atom is -0.508 e. The molecule has 0 saturated heterocycles. The van der Waals surface area contributed by atoms with E-state index in [0.717, 1.165) is 3.57 Å². The molecule has 9 heteroatoms. The van der Waals surface area contributed by atoms with E-state index in [4.69, 9.17) is 15.2 Å². The van der Waals surface area contributed by atoms with Gasteiger partial charge in [0.25, 0.3) is 0 Å². The summed E-state index contributed by atoms with van der Waals surface area (Å²) >= 11 is 2.14. The third kappa shape index (κ3) is 9.00. The lowest BCUT2D eigenvalue weighted by Crippen LogP contribution is -2.31. The lowest BCUT2D eigenvalue weighted by Gasteiger charge is -2.28. The largest absolute Gasteiger partial charge is 0.508 e. The highest BCUT2D eigenvalue weighted by Gasteiger charge is 2.31. The summed E-state index contributed by atoms with van der Waals surface area (Å²) in [5, 5.41) is 16.3. The Morgan fingerprint density at radius 3 is 2.32 bits per heavy atom. The first-order chi connectivity index (χ1) is 19.9. The van der Waals surface area contributed by atoms with Gasteiger partial charge in [-0.2, -0.15) is 0 Å². The van der Waals surface area contributed by atoms with Gasteiger partial charge in [-0.05, 0) is 96.1 Å². The summed E-state index contributed by atoms with van der Waals surface area (Å²) in [6, 6.07) is 30.2. The van der Waals surface area contributed by atoms with Gasteiger partial charge in [0.2, 0.25) is 5.91 Å². The Hall–Kier alpha value is -4.51. The van der Waals surface area contributed by atoms with Crippen molar-refractivity contribution in [3.05, 3.63) is 124 Å². The first kappa shape index (κ1) is 29.5. The van der Waals surface area contributed by atoms with Gasteiger partial charge in [0.1, 0.15) is 17.6 Å². The molecule has 0 aliphatic heterocycles. The van der Waals surface area contributed by atoms with Crippen LogP contribution in [-0.2, 0) is 9.53 Å². The van der Waals surface area contributed by atoms with E-state index in [2.05, 4.69) is 33.2 Å². The fourth-order valence-corrected chi connectivity index (χ4v) is 4.57. The highest BCUT2D eigenvalue weighted by molar-refractivity contribution is 14.1. The van der Waals surface area contributed by atoms with Gasteiger partial charge in [-0.25, -0.2) is 4.79 Å². The van der Waals surface area contributed by atoms with Crippen molar-refractivity contribution in [2.75, 3.05) is 16.4 Å². The van der Waals surface area contributed by atoms with Crippen molar-refractivity contribution in [3.8, 4) is 11.5 Å². The van der Waals surface area contributed by atoms with Crippen LogP contribution in [0.1, 0.15) is 24.5 Å². The number of hydrogen-bond acceptors (Lipinski definition) is 6. The number of phenols is 1. The number of nitrogens with one attached hydrogen (secondary N) is 2. The Morgan fingerprint density at radius 1 is 0.902 bits per heavy atom. The van der Waals surface area contributed by atoms with Crippen molar-refractivity contribution < 1.29 is 24.2 Å². The minimum absolute atomic E-state index is 0.0278. The molecule has 0 unspecified atom stereocenters. The summed E-state index contributed by atoms with van der Waals surface area (Å²) in [7, 11) is 0. The number of carbonyl (C=O) groups excluding carboxylic acids is 2. The molecule has 0 fully saturated rings. The van der Waals surface area contributed by atoms with Crippen LogP contribution in [0, 0.1) is 3.57 Å². The molecule has 4 aromatic carbocycles. The number of phenolic OH excluding ortho intramolecular Hbond substituents is 1. The molecule has 4 rings (SSSR count). The average molecular weight is 664 g/mol. The van der Waals surface area contributed by atoms with E-state index in [1.165, 1.54) is 6.08 Å². The molecule has 41 heavy (non-hydrogen) atoms. The zero-order valence-corrected chi connectivity index (χ0v) is 24.2. The van der Waals surface area contributed by atoms with Gasteiger partial charge in [0, 0.05) is 14.8 Å². The number of benzene rings is 4. The molecule has 0 aliphatic carbocycles. The molecule has 2 atom stereocenters. The molecule has 0 spiro atoms. The molecule has 0 saturated carbocycles. The number of nitrogens with two attached hydrogens (primary N) is 1. The number of anilines is 3. The van der Waals surface area contributed by atoms with Crippen molar-refractivity contribution in [2.45, 2.75) is 25.0 Å². The lowest BCUT2D eigenvalue weighted by molar-refractivity contribution is -0.111. The molecular formula is C32H30IN3O5. The Labute approximate surface area is 252 Å². The van der Waals surface area contributed by atoms with Gasteiger partial charge < -0.3 is 25.6 Å². The fraction of sp³-hybridized carbons (Fsp3) is 0.125. The number of allylic oxidation sites excluding steroid dienone is 1. The van der Waals surface area contributed by atoms with Gasteiger partial charge in [0.15, 0.2) is 6.10 Å². The monoisotopic (exact) mass is 663 g/mol. The molecule has 2 amide bonds. The van der Waals surface area contributed by atoms with Crippen molar-refractivity contribution in [1.82, 2.24) is 0 Å². The van der Waals surface area contributed by atoms with Gasteiger partial charge in [-0.3, -0.25) is 10.1 Å². The van der Waals surface area contributed by atoms with Crippen LogP contribution >= 0.6 is 22.6 Å². The van der Waals surface area contributed by atoms with E-state index < -0.39 is 18.3 Å². The predicted molar refractivity (Wildman–Crippen MR) is 169 cm³/mol. The Balaban J connectivity index is 1.55. The van der Waals surface area contributed by atoms with E-state index in [1.807, 2.05) is 24.3 Å². The SMILES string of the molecule is Nc1ccccc1NC(=O)/C=C/CC[C@H](Oc1ccccc1)[C@@H](OC(=O)Nc1ccccc1)c1cc(I)ccc1O. The number of carbonyl (C=O) groups is 2. The van der Waals surface area contributed by atoms with Crippen LogP contribution in [0.5, 0.6) is 11.5 Å². The summed E-state index contributed by atoms with van der Waals surface area (Å²) in [4.78, 5) is 25.5. The van der Waals surface area contributed by atoms with Crippen molar-refractivity contribution in [3.63, 3.8) is 0 Å². The number of amides is 2. The van der Waals surface area contributed by atoms with E-state index in [-0.39, 0.29) is 11.7 Å². The number of halogens is 1. The molecular weight excluding hydrogens is 633 g/mol. The van der Waals surface area contributed by atoms with Crippen LogP contribution in [0.3, 0.4) is 0 Å². The zero-order chi connectivity index (χ0) is 29.0. The smallest absolute Gasteiger partial charge is 0.412 e. The van der Waals surface area contributed by atoms with E-state index in [0.29, 0.717) is 41.2 Å². The average Bonchev–Trinajstić information content (AvgIpc) is 2.97. The molecule has 5 N–H and O–H groups in total. The van der Waals surface area contributed by atoms with Crippen molar-refractivity contribution in [1.29, 1.82) is 0 Å². The molecule has 210 valence electrons. The Kier molecular flexibility index (Phi) is 10.6. The third-order valence-electron chi connectivity index (χ3n) is 6.02. The second kappa shape index (κ2) is 14.8. The predicted octanol–water partition coefficient (Wildman–Crippen LogP) is 7.29. The number of ether oxygens (including phenoxy) is 2. The fourth-order valence-electron chi connectivity index (χ4n) is 4.06. The summed E-state index contributed by atoms with van der Waals surface area (Å²) < 4.78 is 13.1. The quantitative estimate of drug-likeness (QED) is 0.0760. The molecule has 0 aliphatic rings. The molecule has 4 aromatic rings. The van der Waals surface area contributed by atoms with E-state index >= 15 is 0 Å². The van der Waals surface area contributed by atoms with Crippen LogP contribution < -0.4 is 21.1 Å². The summed E-state index contributed by atoms with van der Waals surface area (Å²) in [5.41, 5.74) is 7.88. The van der Waals surface area contributed by atoms with Gasteiger partial charge in [0.05, 0.1) is 11.4 Å². The highest BCUT2D eigenvalue weighted by Crippen LogP contribution is 2.35. The lowest BCUT2D eigenvalue weighted by atomic mass is 9.99. The van der Waals surface area contributed by atoms with Gasteiger partial charge in [-0.1, -0.05) is 54.6 Å². The van der Waals surface area contributed by atoms with Crippen molar-refractivity contribution in [2.24, 2.45) is 0 Å². The number of hydrogen-bond donors (Lipinski definition) is 4.